The Balaban J connectivity index is 0.000000160. The molecule has 2 aliphatic carbocycles. The monoisotopic (exact) mass is 295 g/mol. The van der Waals surface area contributed by atoms with Gasteiger partial charge in [0, 0.05) is 22.4 Å². The second kappa shape index (κ2) is 6.76. The van der Waals surface area contributed by atoms with E-state index in [0.717, 1.165) is 11.1 Å². The Labute approximate surface area is 117 Å². The van der Waals surface area contributed by atoms with Gasteiger partial charge in [-0.2, -0.15) is 5.26 Å². The lowest BCUT2D eigenvalue weighted by molar-refractivity contribution is 0.102. The molecule has 0 radical (unpaired) electrons. The maximum Gasteiger partial charge on any atom is 0.316 e. The molecule has 20 heavy (non-hydrogen) atoms. The zero-order chi connectivity index (χ0) is 15.3. The number of nitrogens with two attached hydrogens (primary N) is 2. The SMILES string of the molecule is N#CC1CN1C(N)=O.NS(=O)[O-].O=C1c2cccc1c2. The molecule has 0 spiro atoms. The molecule has 3 aliphatic rings. The molecule has 1 aromatic carbocycles. The Morgan fingerprint density at radius 3 is 2.15 bits per heavy atom. The van der Waals surface area contributed by atoms with Crippen LogP contribution in [-0.4, -0.2) is 38.1 Å². The quantitative estimate of drug-likeness (QED) is 0.483. The van der Waals surface area contributed by atoms with Gasteiger partial charge >= 0.3 is 6.03 Å². The minimum atomic E-state index is -2.36. The molecular weight excluding hydrogens is 284 g/mol. The van der Waals surface area contributed by atoms with E-state index in [1.165, 1.54) is 4.90 Å². The summed E-state index contributed by atoms with van der Waals surface area (Å²) in [4.78, 5) is 22.1. The van der Waals surface area contributed by atoms with E-state index in [1.807, 2.05) is 30.3 Å². The van der Waals surface area contributed by atoms with Gasteiger partial charge in [0.15, 0.2) is 5.78 Å². The van der Waals surface area contributed by atoms with Crippen molar-refractivity contribution in [1.82, 2.24) is 4.90 Å². The van der Waals surface area contributed by atoms with Crippen LogP contribution in [0.25, 0.3) is 0 Å². The number of primary amides is 1. The second-order valence-electron chi connectivity index (χ2n) is 3.81. The molecule has 2 atom stereocenters. The highest BCUT2D eigenvalue weighted by Crippen LogP contribution is 2.19. The number of amides is 2. The van der Waals surface area contributed by atoms with Crippen LogP contribution in [0, 0.1) is 11.3 Å². The molecule has 9 heteroatoms. The molecule has 4 rings (SSSR count). The number of carbonyl (C=O) groups is 2. The van der Waals surface area contributed by atoms with Gasteiger partial charge in [-0.1, -0.05) is 18.2 Å². The number of fused-ring (bicyclic) bond motifs is 2. The van der Waals surface area contributed by atoms with Crippen molar-refractivity contribution in [1.29, 1.82) is 5.26 Å². The Bertz CT molecular complexity index is 566. The first kappa shape index (κ1) is 15.8. The van der Waals surface area contributed by atoms with Crippen molar-refractivity contribution in [2.75, 3.05) is 6.54 Å². The highest BCUT2D eigenvalue weighted by Gasteiger charge is 2.36. The van der Waals surface area contributed by atoms with Crippen LogP contribution in [0.4, 0.5) is 4.79 Å². The van der Waals surface area contributed by atoms with Crippen LogP contribution in [0.5, 0.6) is 0 Å². The number of hydrogen-bond donors (Lipinski definition) is 2. The molecular formula is C11H11N4O4S-. The predicted molar refractivity (Wildman–Crippen MR) is 68.7 cm³/mol. The molecule has 1 heterocycles. The summed E-state index contributed by atoms with van der Waals surface area (Å²) >= 11 is -2.36. The summed E-state index contributed by atoms with van der Waals surface area (Å²) in [7, 11) is 0. The van der Waals surface area contributed by atoms with E-state index >= 15 is 0 Å². The Hall–Kier alpha value is -2.28. The Kier molecular flexibility index (Phi) is 5.33. The standard InChI is InChI=1S/C7H4O.C4H5N3O.H3NO2S/c8-7-5-2-1-3-6(7)4-5;5-1-3-2-7(3)4(6)8;1-4(2)3/h1-4H;3H,2H2,(H2,6,8);1H2,(H,2,3)/p-1. The Morgan fingerprint density at radius 2 is 2.00 bits per heavy atom. The van der Waals surface area contributed by atoms with E-state index in [0.29, 0.717) is 6.54 Å². The van der Waals surface area contributed by atoms with Gasteiger partial charge in [0.1, 0.15) is 6.04 Å². The van der Waals surface area contributed by atoms with E-state index < -0.39 is 17.3 Å². The number of hydrogen-bond acceptors (Lipinski definition) is 5. The number of rotatable bonds is 0. The highest BCUT2D eigenvalue weighted by atomic mass is 32.2. The van der Waals surface area contributed by atoms with Crippen LogP contribution in [0.1, 0.15) is 15.9 Å². The first-order valence-corrected chi connectivity index (χ1v) is 6.44. The van der Waals surface area contributed by atoms with Crippen LogP contribution >= 0.6 is 0 Å². The summed E-state index contributed by atoms with van der Waals surface area (Å²) in [6.07, 6.45) is 0. The summed E-state index contributed by atoms with van der Waals surface area (Å²) in [5.74, 6) is 0.201. The zero-order valence-corrected chi connectivity index (χ0v) is 11.0. The minimum absolute atomic E-state index is 0.201. The van der Waals surface area contributed by atoms with Crippen LogP contribution in [-0.2, 0) is 11.3 Å². The largest absolute Gasteiger partial charge is 0.760 e. The van der Waals surface area contributed by atoms with Gasteiger partial charge in [-0.15, -0.1) is 0 Å². The summed E-state index contributed by atoms with van der Waals surface area (Å²) in [6.45, 7) is 0.506. The number of ketones is 1. The van der Waals surface area contributed by atoms with Crippen molar-refractivity contribution in [2.24, 2.45) is 10.9 Å². The molecule has 2 amide bonds. The van der Waals surface area contributed by atoms with Gasteiger partial charge in [0.05, 0.1) is 12.6 Å². The second-order valence-corrected chi connectivity index (χ2v) is 4.33. The van der Waals surface area contributed by atoms with Crippen LogP contribution in [0.15, 0.2) is 24.3 Å². The van der Waals surface area contributed by atoms with E-state index in [9.17, 15) is 9.59 Å². The molecule has 1 aliphatic heterocycles. The molecule has 1 fully saturated rings. The van der Waals surface area contributed by atoms with Crippen LogP contribution in [0.3, 0.4) is 0 Å². The van der Waals surface area contributed by atoms with Gasteiger partial charge in [-0.3, -0.25) is 14.1 Å². The summed E-state index contributed by atoms with van der Waals surface area (Å²) in [5, 5.41) is 12.2. The summed E-state index contributed by atoms with van der Waals surface area (Å²) in [5.41, 5.74) is 6.50. The summed E-state index contributed by atoms with van der Waals surface area (Å²) in [6, 6.07) is 8.59. The summed E-state index contributed by atoms with van der Waals surface area (Å²) < 4.78 is 17.6. The molecule has 106 valence electrons. The number of benzene rings is 1. The lowest BCUT2D eigenvalue weighted by Crippen LogP contribution is -2.20. The molecule has 0 aromatic heterocycles. The van der Waals surface area contributed by atoms with E-state index in [2.05, 4.69) is 5.14 Å². The van der Waals surface area contributed by atoms with E-state index in [-0.39, 0.29) is 11.8 Å². The number of urea groups is 1. The van der Waals surface area contributed by atoms with Crippen molar-refractivity contribution in [3.8, 4) is 6.07 Å². The maximum absolute atomic E-state index is 10.7. The topological polar surface area (TPSA) is 153 Å². The zero-order valence-electron chi connectivity index (χ0n) is 10.2. The lowest BCUT2D eigenvalue weighted by Gasteiger charge is -2.10. The normalized spacial score (nSPS) is 18.1. The molecule has 2 unspecified atom stereocenters. The van der Waals surface area contributed by atoms with Crippen molar-refractivity contribution in [3.63, 3.8) is 0 Å². The third-order valence-electron chi connectivity index (χ3n) is 2.43. The van der Waals surface area contributed by atoms with Crippen molar-refractivity contribution < 1.29 is 18.4 Å². The van der Waals surface area contributed by atoms with Gasteiger partial charge in [0.25, 0.3) is 0 Å². The molecule has 4 N–H and O–H groups in total. The molecule has 0 saturated carbocycles. The smallest absolute Gasteiger partial charge is 0.316 e. The third-order valence-corrected chi connectivity index (χ3v) is 2.43. The molecule has 2 bridgehead atoms. The van der Waals surface area contributed by atoms with Crippen LogP contribution < -0.4 is 10.9 Å². The molecule has 1 saturated heterocycles. The van der Waals surface area contributed by atoms with E-state index in [1.54, 1.807) is 0 Å². The average Bonchev–Trinajstić information content (AvgIpc) is 3.18. The fraction of sp³-hybridized carbons (Fsp3) is 0.182. The fourth-order valence-corrected chi connectivity index (χ4v) is 1.38. The van der Waals surface area contributed by atoms with E-state index in [4.69, 9.17) is 19.8 Å². The van der Waals surface area contributed by atoms with Crippen molar-refractivity contribution >= 4 is 23.1 Å². The number of nitrogens with zero attached hydrogens (tertiary/aromatic N) is 2. The predicted octanol–water partition coefficient (Wildman–Crippen LogP) is -0.757. The highest BCUT2D eigenvalue weighted by molar-refractivity contribution is 7.76. The van der Waals surface area contributed by atoms with Gasteiger partial charge in [-0.05, 0) is 6.07 Å². The maximum atomic E-state index is 10.7. The fourth-order valence-electron chi connectivity index (χ4n) is 1.38. The Morgan fingerprint density at radius 1 is 1.50 bits per heavy atom. The van der Waals surface area contributed by atoms with Crippen LogP contribution in [0.2, 0.25) is 0 Å². The average molecular weight is 295 g/mol. The van der Waals surface area contributed by atoms with Gasteiger partial charge in [0.2, 0.25) is 0 Å². The van der Waals surface area contributed by atoms with Crippen molar-refractivity contribution in [2.45, 2.75) is 6.04 Å². The molecule has 1 aromatic rings. The lowest BCUT2D eigenvalue weighted by atomic mass is 9.92. The third kappa shape index (κ3) is 4.43. The van der Waals surface area contributed by atoms with Gasteiger partial charge in [-0.25, -0.2) is 4.79 Å². The minimum Gasteiger partial charge on any atom is -0.760 e. The number of nitriles is 1. The van der Waals surface area contributed by atoms with Gasteiger partial charge < -0.3 is 15.2 Å². The van der Waals surface area contributed by atoms with Crippen molar-refractivity contribution in [3.05, 3.63) is 35.4 Å². The molecule has 8 nitrogen and oxygen atoms in total. The number of carbonyl (C=O) groups excluding carboxylic acids is 2. The first-order valence-electron chi connectivity index (χ1n) is 5.31. The first-order chi connectivity index (χ1) is 9.36.